The number of carboxylic acid groups (broad SMARTS) is 1. The number of benzene rings is 1. The maximum absolute atomic E-state index is 13.0. The second-order valence-corrected chi connectivity index (χ2v) is 6.03. The molecular formula is C13H10FNO4S. The lowest BCUT2D eigenvalue weighted by Gasteiger charge is -2.07. The molecule has 1 aromatic heterocycles. The number of carboxylic acids is 1. The number of rotatable bonds is 4. The lowest BCUT2D eigenvalue weighted by Crippen LogP contribution is -2.11. The zero-order valence-corrected chi connectivity index (χ0v) is 11.0. The van der Waals surface area contributed by atoms with Gasteiger partial charge in [0.1, 0.15) is 5.82 Å². The van der Waals surface area contributed by atoms with Crippen molar-refractivity contribution in [2.75, 3.05) is 0 Å². The summed E-state index contributed by atoms with van der Waals surface area (Å²) in [5.41, 5.74) is -0.151. The second kappa shape index (κ2) is 5.38. The minimum atomic E-state index is -3.89. The van der Waals surface area contributed by atoms with Crippen LogP contribution in [0, 0.1) is 5.82 Å². The van der Waals surface area contributed by atoms with Crippen LogP contribution in [0.25, 0.3) is 0 Å². The molecule has 1 N–H and O–H groups in total. The average molecular weight is 295 g/mol. The number of aromatic carboxylic acids is 1. The van der Waals surface area contributed by atoms with Crippen molar-refractivity contribution in [1.82, 2.24) is 4.98 Å². The molecule has 0 unspecified atom stereocenters. The molecule has 0 fully saturated rings. The van der Waals surface area contributed by atoms with Gasteiger partial charge < -0.3 is 5.11 Å². The number of hydrogen-bond acceptors (Lipinski definition) is 4. The van der Waals surface area contributed by atoms with Crippen LogP contribution < -0.4 is 0 Å². The van der Waals surface area contributed by atoms with Gasteiger partial charge in [0.05, 0.1) is 22.4 Å². The van der Waals surface area contributed by atoms with Gasteiger partial charge in [-0.25, -0.2) is 17.6 Å². The van der Waals surface area contributed by atoms with Crippen LogP contribution in [0.4, 0.5) is 4.39 Å². The van der Waals surface area contributed by atoms with E-state index in [9.17, 15) is 17.6 Å². The number of halogens is 1. The van der Waals surface area contributed by atoms with Crippen LogP contribution in [0.3, 0.4) is 0 Å². The summed E-state index contributed by atoms with van der Waals surface area (Å²) in [6, 6.07) is 6.34. The van der Waals surface area contributed by atoms with E-state index in [2.05, 4.69) is 4.98 Å². The van der Waals surface area contributed by atoms with Crippen molar-refractivity contribution in [3.05, 3.63) is 59.7 Å². The first kappa shape index (κ1) is 14.1. The van der Waals surface area contributed by atoms with E-state index >= 15 is 0 Å². The Balaban J connectivity index is 2.44. The molecule has 1 heterocycles. The van der Waals surface area contributed by atoms with Crippen LogP contribution in [0.5, 0.6) is 0 Å². The van der Waals surface area contributed by atoms with Crippen molar-refractivity contribution in [1.29, 1.82) is 0 Å². The Hall–Kier alpha value is -2.28. The molecule has 2 aromatic rings. The third kappa shape index (κ3) is 3.00. The topological polar surface area (TPSA) is 84.3 Å². The Morgan fingerprint density at radius 1 is 1.25 bits per heavy atom. The van der Waals surface area contributed by atoms with Crippen molar-refractivity contribution in [2.24, 2.45) is 0 Å². The first-order valence-electron chi connectivity index (χ1n) is 5.54. The highest BCUT2D eigenvalue weighted by molar-refractivity contribution is 7.90. The summed E-state index contributed by atoms with van der Waals surface area (Å²) in [6.07, 6.45) is 2.19. The summed E-state index contributed by atoms with van der Waals surface area (Å²) in [5, 5.41) is 9.00. The normalized spacial score (nSPS) is 11.2. The first-order valence-corrected chi connectivity index (χ1v) is 7.20. The van der Waals surface area contributed by atoms with Gasteiger partial charge in [-0.15, -0.1) is 0 Å². The third-order valence-corrected chi connectivity index (χ3v) is 4.31. The van der Waals surface area contributed by atoms with Crippen LogP contribution in [-0.2, 0) is 15.6 Å². The summed E-state index contributed by atoms with van der Waals surface area (Å²) in [5.74, 6) is -2.49. The number of carbonyl (C=O) groups is 1. The molecule has 0 radical (unpaired) electrons. The van der Waals surface area contributed by atoms with E-state index in [0.29, 0.717) is 0 Å². The lowest BCUT2D eigenvalue weighted by molar-refractivity contribution is 0.0692. The van der Waals surface area contributed by atoms with Crippen molar-refractivity contribution in [3.63, 3.8) is 0 Å². The zero-order valence-electron chi connectivity index (χ0n) is 10.2. The Morgan fingerprint density at radius 3 is 2.60 bits per heavy atom. The van der Waals surface area contributed by atoms with Gasteiger partial charge in [0.2, 0.25) is 0 Å². The minimum Gasteiger partial charge on any atom is -0.478 e. The molecule has 0 bridgehead atoms. The maximum atomic E-state index is 13.0. The van der Waals surface area contributed by atoms with Crippen LogP contribution in [0.1, 0.15) is 15.9 Å². The number of aromatic nitrogens is 1. The SMILES string of the molecule is O=C(O)c1ccccc1S(=O)(=O)Cc1cncc(F)c1. The number of hydrogen-bond donors (Lipinski definition) is 1. The molecule has 7 heteroatoms. The Labute approximate surface area is 114 Å². The van der Waals surface area contributed by atoms with Gasteiger partial charge in [0.25, 0.3) is 0 Å². The fourth-order valence-electron chi connectivity index (χ4n) is 1.75. The molecule has 0 spiro atoms. The maximum Gasteiger partial charge on any atom is 0.337 e. The predicted octanol–water partition coefficient (Wildman–Crippen LogP) is 1.89. The fourth-order valence-corrected chi connectivity index (χ4v) is 3.28. The largest absolute Gasteiger partial charge is 0.478 e. The van der Waals surface area contributed by atoms with Gasteiger partial charge in [-0.2, -0.15) is 0 Å². The highest BCUT2D eigenvalue weighted by Gasteiger charge is 2.22. The van der Waals surface area contributed by atoms with E-state index in [1.807, 2.05) is 0 Å². The molecule has 0 aliphatic rings. The van der Waals surface area contributed by atoms with E-state index in [4.69, 9.17) is 5.11 Å². The van der Waals surface area contributed by atoms with Crippen molar-refractivity contribution in [3.8, 4) is 0 Å². The summed E-state index contributed by atoms with van der Waals surface area (Å²) >= 11 is 0. The van der Waals surface area contributed by atoms with Gasteiger partial charge in [0, 0.05) is 6.20 Å². The summed E-state index contributed by atoms with van der Waals surface area (Å²) in [6.45, 7) is 0. The van der Waals surface area contributed by atoms with Gasteiger partial charge >= 0.3 is 5.97 Å². The molecule has 1 aromatic carbocycles. The van der Waals surface area contributed by atoms with E-state index in [1.54, 1.807) is 0 Å². The number of pyridine rings is 1. The molecule has 104 valence electrons. The van der Waals surface area contributed by atoms with Crippen LogP contribution in [0.15, 0.2) is 47.6 Å². The van der Waals surface area contributed by atoms with Gasteiger partial charge in [0.15, 0.2) is 9.84 Å². The molecular weight excluding hydrogens is 285 g/mol. The van der Waals surface area contributed by atoms with Crippen LogP contribution >= 0.6 is 0 Å². The quantitative estimate of drug-likeness (QED) is 0.931. The van der Waals surface area contributed by atoms with E-state index < -0.39 is 27.4 Å². The highest BCUT2D eigenvalue weighted by Crippen LogP contribution is 2.20. The Bertz CT molecular complexity index is 758. The Morgan fingerprint density at radius 2 is 1.95 bits per heavy atom. The third-order valence-electron chi connectivity index (χ3n) is 2.57. The molecule has 2 rings (SSSR count). The second-order valence-electron chi connectivity index (χ2n) is 4.07. The standard InChI is InChI=1S/C13H10FNO4S/c14-10-5-9(6-15-7-10)8-20(18,19)12-4-2-1-3-11(12)13(16)17/h1-7H,8H2,(H,16,17). The molecule has 0 aliphatic carbocycles. The zero-order chi connectivity index (χ0) is 14.8. The molecule has 0 atom stereocenters. The molecule has 20 heavy (non-hydrogen) atoms. The van der Waals surface area contributed by atoms with Crippen LogP contribution in [-0.4, -0.2) is 24.5 Å². The average Bonchev–Trinajstić information content (AvgIpc) is 2.38. The lowest BCUT2D eigenvalue weighted by atomic mass is 10.2. The van der Waals surface area contributed by atoms with E-state index in [-0.39, 0.29) is 16.0 Å². The number of sulfone groups is 1. The van der Waals surface area contributed by atoms with Gasteiger partial charge in [-0.3, -0.25) is 4.98 Å². The predicted molar refractivity (Wildman–Crippen MR) is 68.5 cm³/mol. The van der Waals surface area contributed by atoms with Crippen molar-refractivity contribution >= 4 is 15.8 Å². The molecule has 0 saturated heterocycles. The van der Waals surface area contributed by atoms with Crippen molar-refractivity contribution in [2.45, 2.75) is 10.6 Å². The summed E-state index contributed by atoms with van der Waals surface area (Å²) in [4.78, 5) is 14.3. The fraction of sp³-hybridized carbons (Fsp3) is 0.0769. The smallest absolute Gasteiger partial charge is 0.337 e. The Kier molecular flexibility index (Phi) is 3.80. The minimum absolute atomic E-state index is 0.158. The van der Waals surface area contributed by atoms with Crippen LogP contribution in [0.2, 0.25) is 0 Å². The van der Waals surface area contributed by atoms with Crippen molar-refractivity contribution < 1.29 is 22.7 Å². The first-order chi connectivity index (χ1) is 9.40. The summed E-state index contributed by atoms with van der Waals surface area (Å²) < 4.78 is 37.5. The van der Waals surface area contributed by atoms with Gasteiger partial charge in [-0.1, -0.05) is 12.1 Å². The molecule has 0 aliphatic heterocycles. The highest BCUT2D eigenvalue weighted by atomic mass is 32.2. The number of nitrogens with zero attached hydrogens (tertiary/aromatic N) is 1. The van der Waals surface area contributed by atoms with E-state index in [0.717, 1.165) is 12.3 Å². The summed E-state index contributed by atoms with van der Waals surface area (Å²) in [7, 11) is -3.89. The molecule has 0 amide bonds. The molecule has 5 nitrogen and oxygen atoms in total. The monoisotopic (exact) mass is 295 g/mol. The van der Waals surface area contributed by atoms with Gasteiger partial charge in [-0.05, 0) is 23.8 Å². The molecule has 0 saturated carbocycles. The van der Waals surface area contributed by atoms with E-state index in [1.165, 1.54) is 30.5 Å².